The van der Waals surface area contributed by atoms with Crippen LogP contribution in [0.5, 0.6) is 5.75 Å². The summed E-state index contributed by atoms with van der Waals surface area (Å²) in [6, 6.07) is 8.27. The zero-order valence-corrected chi connectivity index (χ0v) is 9.86. The second kappa shape index (κ2) is 5.21. The Kier molecular flexibility index (Phi) is 3.67. The Morgan fingerprint density at radius 2 is 2.12 bits per heavy atom. The average molecular weight is 220 g/mol. The van der Waals surface area contributed by atoms with Crippen molar-refractivity contribution in [2.75, 3.05) is 31.6 Å². The smallest absolute Gasteiger partial charge is 0.120 e. The van der Waals surface area contributed by atoms with Gasteiger partial charge in [-0.15, -0.1) is 0 Å². The monoisotopic (exact) mass is 220 g/mol. The Labute approximate surface area is 97.2 Å². The molecule has 1 aliphatic rings. The number of nitrogens with two attached hydrogens (primary N) is 1. The molecule has 0 saturated carbocycles. The number of hydrogen-bond acceptors (Lipinski definition) is 3. The summed E-state index contributed by atoms with van der Waals surface area (Å²) in [6.07, 6.45) is 2.40. The minimum Gasteiger partial charge on any atom is -0.497 e. The average Bonchev–Trinajstić information content (AvgIpc) is 2.39. The highest BCUT2D eigenvalue weighted by Crippen LogP contribution is 2.25. The maximum Gasteiger partial charge on any atom is 0.120 e. The van der Waals surface area contributed by atoms with Crippen molar-refractivity contribution in [1.82, 2.24) is 0 Å². The van der Waals surface area contributed by atoms with Gasteiger partial charge in [0, 0.05) is 24.8 Å². The van der Waals surface area contributed by atoms with Crippen LogP contribution in [0.15, 0.2) is 24.3 Å². The fourth-order valence-corrected chi connectivity index (χ4v) is 2.23. The third-order valence-electron chi connectivity index (χ3n) is 3.37. The van der Waals surface area contributed by atoms with E-state index in [0.717, 1.165) is 25.4 Å². The van der Waals surface area contributed by atoms with E-state index in [-0.39, 0.29) is 0 Å². The van der Waals surface area contributed by atoms with Crippen molar-refractivity contribution in [2.45, 2.75) is 12.8 Å². The Morgan fingerprint density at radius 3 is 2.75 bits per heavy atom. The zero-order valence-electron chi connectivity index (χ0n) is 9.86. The Morgan fingerprint density at radius 1 is 1.38 bits per heavy atom. The van der Waals surface area contributed by atoms with E-state index in [2.05, 4.69) is 17.0 Å². The lowest BCUT2D eigenvalue weighted by Gasteiger charge is -2.33. The van der Waals surface area contributed by atoms with Gasteiger partial charge in [0.05, 0.1) is 7.11 Å². The lowest BCUT2D eigenvalue weighted by Crippen LogP contribution is -2.36. The highest BCUT2D eigenvalue weighted by molar-refractivity contribution is 5.50. The van der Waals surface area contributed by atoms with E-state index in [1.54, 1.807) is 7.11 Å². The second-order valence-corrected chi connectivity index (χ2v) is 4.37. The molecule has 2 N–H and O–H groups in total. The van der Waals surface area contributed by atoms with Crippen LogP contribution in [0.4, 0.5) is 5.69 Å². The van der Waals surface area contributed by atoms with E-state index in [4.69, 9.17) is 10.5 Å². The SMILES string of the molecule is COc1cccc(N2CCC(CN)CC2)c1. The molecule has 1 aromatic carbocycles. The first-order valence-corrected chi connectivity index (χ1v) is 5.92. The summed E-state index contributed by atoms with van der Waals surface area (Å²) >= 11 is 0. The quantitative estimate of drug-likeness (QED) is 0.845. The fraction of sp³-hybridized carbons (Fsp3) is 0.538. The summed E-state index contributed by atoms with van der Waals surface area (Å²) in [4.78, 5) is 2.41. The maximum atomic E-state index is 5.69. The predicted octanol–water partition coefficient (Wildman–Crippen LogP) is 1.87. The Balaban J connectivity index is 2.02. The standard InChI is InChI=1S/C13H20N2O/c1-16-13-4-2-3-12(9-13)15-7-5-11(10-14)6-8-15/h2-4,9,11H,5-8,10,14H2,1H3. The molecule has 1 saturated heterocycles. The molecule has 0 unspecified atom stereocenters. The van der Waals surface area contributed by atoms with E-state index in [9.17, 15) is 0 Å². The molecule has 3 nitrogen and oxygen atoms in total. The van der Waals surface area contributed by atoms with Crippen LogP contribution in [0.2, 0.25) is 0 Å². The number of anilines is 1. The zero-order chi connectivity index (χ0) is 11.4. The van der Waals surface area contributed by atoms with Gasteiger partial charge < -0.3 is 15.4 Å². The van der Waals surface area contributed by atoms with Crippen LogP contribution in [-0.4, -0.2) is 26.7 Å². The van der Waals surface area contributed by atoms with Crippen LogP contribution in [0.1, 0.15) is 12.8 Å². The highest BCUT2D eigenvalue weighted by atomic mass is 16.5. The summed E-state index contributed by atoms with van der Waals surface area (Å²) in [7, 11) is 1.71. The van der Waals surface area contributed by atoms with Gasteiger partial charge in [0.1, 0.15) is 5.75 Å². The summed E-state index contributed by atoms with van der Waals surface area (Å²) in [6.45, 7) is 3.04. The van der Waals surface area contributed by atoms with E-state index < -0.39 is 0 Å². The lowest BCUT2D eigenvalue weighted by molar-refractivity contribution is 0.408. The van der Waals surface area contributed by atoms with E-state index >= 15 is 0 Å². The first-order valence-electron chi connectivity index (χ1n) is 5.92. The van der Waals surface area contributed by atoms with Crippen molar-refractivity contribution in [3.05, 3.63) is 24.3 Å². The van der Waals surface area contributed by atoms with Crippen molar-refractivity contribution in [3.63, 3.8) is 0 Å². The number of hydrogen-bond donors (Lipinski definition) is 1. The molecule has 1 fully saturated rings. The Hall–Kier alpha value is -1.22. The van der Waals surface area contributed by atoms with Crippen molar-refractivity contribution in [3.8, 4) is 5.75 Å². The second-order valence-electron chi connectivity index (χ2n) is 4.37. The third kappa shape index (κ3) is 2.47. The topological polar surface area (TPSA) is 38.5 Å². The predicted molar refractivity (Wildman–Crippen MR) is 67.0 cm³/mol. The summed E-state index contributed by atoms with van der Waals surface area (Å²) in [5, 5.41) is 0. The number of benzene rings is 1. The maximum absolute atomic E-state index is 5.69. The molecule has 0 aromatic heterocycles. The molecule has 3 heteroatoms. The summed E-state index contributed by atoms with van der Waals surface area (Å²) < 4.78 is 5.24. The molecular weight excluding hydrogens is 200 g/mol. The lowest BCUT2D eigenvalue weighted by atomic mass is 9.97. The van der Waals surface area contributed by atoms with E-state index in [1.165, 1.54) is 18.5 Å². The van der Waals surface area contributed by atoms with Crippen LogP contribution in [0.25, 0.3) is 0 Å². The number of methoxy groups -OCH3 is 1. The highest BCUT2D eigenvalue weighted by Gasteiger charge is 2.18. The molecule has 0 amide bonds. The normalized spacial score (nSPS) is 17.5. The number of nitrogens with zero attached hydrogens (tertiary/aromatic N) is 1. The van der Waals surface area contributed by atoms with Crippen molar-refractivity contribution < 1.29 is 4.74 Å². The molecule has 0 radical (unpaired) electrons. The van der Waals surface area contributed by atoms with Crippen LogP contribution in [0.3, 0.4) is 0 Å². The number of piperidine rings is 1. The van der Waals surface area contributed by atoms with Crippen LogP contribution in [-0.2, 0) is 0 Å². The van der Waals surface area contributed by atoms with Crippen molar-refractivity contribution in [2.24, 2.45) is 11.7 Å². The molecule has 0 spiro atoms. The largest absolute Gasteiger partial charge is 0.497 e. The first-order chi connectivity index (χ1) is 7.83. The molecule has 1 heterocycles. The van der Waals surface area contributed by atoms with Gasteiger partial charge in [0.15, 0.2) is 0 Å². The van der Waals surface area contributed by atoms with Gasteiger partial charge in [-0.1, -0.05) is 6.07 Å². The van der Waals surface area contributed by atoms with Crippen LogP contribution in [0, 0.1) is 5.92 Å². The molecule has 1 aliphatic heterocycles. The van der Waals surface area contributed by atoms with Gasteiger partial charge >= 0.3 is 0 Å². The van der Waals surface area contributed by atoms with Gasteiger partial charge in [-0.2, -0.15) is 0 Å². The Bertz CT molecular complexity index is 332. The molecule has 1 aromatic rings. The van der Waals surface area contributed by atoms with Crippen LogP contribution < -0.4 is 15.4 Å². The van der Waals surface area contributed by atoms with Gasteiger partial charge in [-0.05, 0) is 37.4 Å². The van der Waals surface area contributed by atoms with Crippen LogP contribution >= 0.6 is 0 Å². The minimum absolute atomic E-state index is 0.710. The van der Waals surface area contributed by atoms with E-state index in [1.807, 2.05) is 12.1 Å². The van der Waals surface area contributed by atoms with Gasteiger partial charge in [-0.25, -0.2) is 0 Å². The summed E-state index contributed by atoms with van der Waals surface area (Å²) in [5.41, 5.74) is 6.95. The molecule has 88 valence electrons. The molecule has 0 atom stereocenters. The minimum atomic E-state index is 0.710. The van der Waals surface area contributed by atoms with E-state index in [0.29, 0.717) is 5.92 Å². The van der Waals surface area contributed by atoms with Gasteiger partial charge in [0.25, 0.3) is 0 Å². The van der Waals surface area contributed by atoms with Crippen molar-refractivity contribution >= 4 is 5.69 Å². The van der Waals surface area contributed by atoms with Gasteiger partial charge in [0.2, 0.25) is 0 Å². The van der Waals surface area contributed by atoms with Gasteiger partial charge in [-0.3, -0.25) is 0 Å². The summed E-state index contributed by atoms with van der Waals surface area (Å²) in [5.74, 6) is 1.64. The molecular formula is C13H20N2O. The molecule has 0 aliphatic carbocycles. The first kappa shape index (κ1) is 11.3. The molecule has 0 bridgehead atoms. The molecule has 2 rings (SSSR count). The number of rotatable bonds is 3. The molecule has 16 heavy (non-hydrogen) atoms. The third-order valence-corrected chi connectivity index (χ3v) is 3.37. The fourth-order valence-electron chi connectivity index (χ4n) is 2.23. The number of ether oxygens (including phenoxy) is 1. The van der Waals surface area contributed by atoms with Crippen molar-refractivity contribution in [1.29, 1.82) is 0 Å².